The molecule has 0 amide bonds. The van der Waals surface area contributed by atoms with Gasteiger partial charge >= 0.3 is 0 Å². The Bertz CT molecular complexity index is 595. The smallest absolute Gasteiger partial charge is 0.191 e. The van der Waals surface area contributed by atoms with Gasteiger partial charge < -0.3 is 25.2 Å². The molecule has 1 aliphatic heterocycles. The first kappa shape index (κ1) is 21.3. The van der Waals surface area contributed by atoms with Crippen LogP contribution in [0.1, 0.15) is 32.3 Å². The molecule has 0 spiro atoms. The lowest BCUT2D eigenvalue weighted by Crippen LogP contribution is -2.44. The van der Waals surface area contributed by atoms with E-state index in [0.29, 0.717) is 24.1 Å². The fourth-order valence-corrected chi connectivity index (χ4v) is 3.35. The summed E-state index contributed by atoms with van der Waals surface area (Å²) in [7, 11) is 1.61. The molecule has 3 N–H and O–H groups in total. The molecule has 1 unspecified atom stereocenters. The van der Waals surface area contributed by atoms with Gasteiger partial charge in [-0.3, -0.25) is 4.90 Å². The molecule has 1 aromatic carbocycles. The van der Waals surface area contributed by atoms with Crippen LogP contribution in [0.3, 0.4) is 0 Å². The number of aliphatic hydroxyl groups excluding tert-OH is 1. The number of guanidine groups is 1. The van der Waals surface area contributed by atoms with Gasteiger partial charge in [0.15, 0.2) is 17.5 Å². The van der Waals surface area contributed by atoms with Crippen molar-refractivity contribution < 1.29 is 14.6 Å². The van der Waals surface area contributed by atoms with Crippen molar-refractivity contribution >= 4 is 5.96 Å². The van der Waals surface area contributed by atoms with E-state index in [4.69, 9.17) is 19.6 Å². The van der Waals surface area contributed by atoms with Gasteiger partial charge in [0.05, 0.1) is 20.3 Å². The van der Waals surface area contributed by atoms with Crippen LogP contribution in [0.5, 0.6) is 11.5 Å². The zero-order chi connectivity index (χ0) is 19.5. The van der Waals surface area contributed by atoms with Crippen molar-refractivity contribution in [2.75, 3.05) is 46.5 Å². The third kappa shape index (κ3) is 6.59. The van der Waals surface area contributed by atoms with Crippen LogP contribution in [0, 0.1) is 0 Å². The molecule has 7 nitrogen and oxygen atoms in total. The lowest BCUT2D eigenvalue weighted by Gasteiger charge is -2.24. The standard InChI is InChI=1S/C20H34N4O3/c1-4-21-20(23-15-17-7-6-10-24(17)5-2)22-14-16-8-9-18(27-12-11-25)19(13-16)26-3/h8-9,13,17,25H,4-7,10-12,14-15H2,1-3H3,(H2,21,22,23). The largest absolute Gasteiger partial charge is 0.493 e. The summed E-state index contributed by atoms with van der Waals surface area (Å²) in [6, 6.07) is 6.34. The Morgan fingerprint density at radius 3 is 2.85 bits per heavy atom. The molecule has 7 heteroatoms. The molecule has 152 valence electrons. The molecule has 1 aliphatic rings. The second-order valence-electron chi connectivity index (χ2n) is 6.56. The number of aliphatic imine (C=N–C) groups is 1. The second kappa shape index (κ2) is 11.7. The lowest BCUT2D eigenvalue weighted by atomic mass is 10.2. The number of likely N-dealkylation sites (N-methyl/N-ethyl adjacent to an activating group) is 1. The maximum atomic E-state index is 8.90. The molecule has 0 saturated carbocycles. The van der Waals surface area contributed by atoms with Gasteiger partial charge in [0.2, 0.25) is 0 Å². The molecule has 1 saturated heterocycles. The highest BCUT2D eigenvalue weighted by Gasteiger charge is 2.22. The Kier molecular flexibility index (Phi) is 9.21. The zero-order valence-corrected chi connectivity index (χ0v) is 16.8. The van der Waals surface area contributed by atoms with Crippen molar-refractivity contribution in [3.8, 4) is 11.5 Å². The average molecular weight is 379 g/mol. The third-order valence-electron chi connectivity index (χ3n) is 4.75. The van der Waals surface area contributed by atoms with Gasteiger partial charge in [-0.2, -0.15) is 0 Å². The Morgan fingerprint density at radius 1 is 1.30 bits per heavy atom. The number of hydrogen-bond donors (Lipinski definition) is 3. The van der Waals surface area contributed by atoms with Crippen molar-refractivity contribution in [1.82, 2.24) is 15.5 Å². The van der Waals surface area contributed by atoms with E-state index in [9.17, 15) is 0 Å². The van der Waals surface area contributed by atoms with Crippen molar-refractivity contribution in [3.05, 3.63) is 23.8 Å². The maximum Gasteiger partial charge on any atom is 0.191 e. The summed E-state index contributed by atoms with van der Waals surface area (Å²) in [4.78, 5) is 7.22. The third-order valence-corrected chi connectivity index (χ3v) is 4.75. The normalized spacial score (nSPS) is 17.8. The van der Waals surface area contributed by atoms with Crippen LogP contribution >= 0.6 is 0 Å². The molecule has 0 radical (unpaired) electrons. The summed E-state index contributed by atoms with van der Waals surface area (Å²) in [5.74, 6) is 2.11. The average Bonchev–Trinajstić information content (AvgIpc) is 3.16. The molecule has 2 rings (SSSR count). The van der Waals surface area contributed by atoms with Crippen LogP contribution in [-0.2, 0) is 6.54 Å². The molecular formula is C20H34N4O3. The number of methoxy groups -OCH3 is 1. The number of rotatable bonds is 10. The van der Waals surface area contributed by atoms with Crippen molar-refractivity contribution in [3.63, 3.8) is 0 Å². The second-order valence-corrected chi connectivity index (χ2v) is 6.56. The van der Waals surface area contributed by atoms with E-state index in [1.165, 1.54) is 19.4 Å². The van der Waals surface area contributed by atoms with Gasteiger partial charge in [0.25, 0.3) is 0 Å². The van der Waals surface area contributed by atoms with E-state index in [2.05, 4.69) is 29.4 Å². The van der Waals surface area contributed by atoms with Crippen LogP contribution in [0.15, 0.2) is 23.2 Å². The van der Waals surface area contributed by atoms with Gasteiger partial charge in [-0.05, 0) is 50.6 Å². The van der Waals surface area contributed by atoms with E-state index in [1.807, 2.05) is 18.2 Å². The number of nitrogens with one attached hydrogen (secondary N) is 2. The van der Waals surface area contributed by atoms with E-state index in [-0.39, 0.29) is 13.2 Å². The van der Waals surface area contributed by atoms with Crippen LogP contribution in [0.25, 0.3) is 0 Å². The number of aliphatic hydroxyl groups is 1. The van der Waals surface area contributed by atoms with Crippen LogP contribution < -0.4 is 20.1 Å². The highest BCUT2D eigenvalue weighted by Crippen LogP contribution is 2.28. The van der Waals surface area contributed by atoms with E-state index in [1.54, 1.807) is 7.11 Å². The van der Waals surface area contributed by atoms with Gasteiger partial charge in [-0.15, -0.1) is 0 Å². The Morgan fingerprint density at radius 2 is 2.15 bits per heavy atom. The maximum absolute atomic E-state index is 8.90. The minimum atomic E-state index is -0.0244. The van der Waals surface area contributed by atoms with E-state index >= 15 is 0 Å². The number of hydrogen-bond acceptors (Lipinski definition) is 5. The molecule has 0 bridgehead atoms. The molecular weight excluding hydrogens is 344 g/mol. The Balaban J connectivity index is 1.96. The summed E-state index contributed by atoms with van der Waals surface area (Å²) in [6.45, 7) is 9.10. The summed E-state index contributed by atoms with van der Waals surface area (Å²) in [6.07, 6.45) is 2.52. The van der Waals surface area contributed by atoms with Crippen LogP contribution in [0.4, 0.5) is 0 Å². The first-order valence-electron chi connectivity index (χ1n) is 9.88. The molecule has 1 fully saturated rings. The van der Waals surface area contributed by atoms with Crippen LogP contribution in [-0.4, -0.2) is 68.5 Å². The fourth-order valence-electron chi connectivity index (χ4n) is 3.35. The van der Waals surface area contributed by atoms with Gasteiger partial charge in [-0.25, -0.2) is 4.99 Å². The minimum absolute atomic E-state index is 0.0244. The summed E-state index contributed by atoms with van der Waals surface area (Å²) >= 11 is 0. The minimum Gasteiger partial charge on any atom is -0.493 e. The monoisotopic (exact) mass is 378 g/mol. The first-order chi connectivity index (χ1) is 13.2. The first-order valence-corrected chi connectivity index (χ1v) is 9.88. The molecule has 1 aromatic rings. The molecule has 1 atom stereocenters. The summed E-state index contributed by atoms with van der Waals surface area (Å²) < 4.78 is 10.9. The van der Waals surface area contributed by atoms with Crippen LogP contribution in [0.2, 0.25) is 0 Å². The quantitative estimate of drug-likeness (QED) is 0.424. The Hall–Kier alpha value is -1.99. The highest BCUT2D eigenvalue weighted by molar-refractivity contribution is 5.79. The Labute approximate surface area is 162 Å². The number of likely N-dealkylation sites (tertiary alicyclic amines) is 1. The summed E-state index contributed by atoms with van der Waals surface area (Å²) in [5, 5.41) is 15.7. The zero-order valence-electron chi connectivity index (χ0n) is 16.8. The number of nitrogens with zero attached hydrogens (tertiary/aromatic N) is 2. The molecule has 0 aliphatic carbocycles. The van der Waals surface area contributed by atoms with E-state index in [0.717, 1.165) is 31.2 Å². The topological polar surface area (TPSA) is 78.4 Å². The predicted octanol–water partition coefficient (Wildman–Crippen LogP) is 1.61. The van der Waals surface area contributed by atoms with Gasteiger partial charge in [-0.1, -0.05) is 13.0 Å². The molecule has 0 aromatic heterocycles. The fraction of sp³-hybridized carbons (Fsp3) is 0.650. The van der Waals surface area contributed by atoms with Gasteiger partial charge in [0.1, 0.15) is 6.61 Å². The van der Waals surface area contributed by atoms with Crippen molar-refractivity contribution in [1.29, 1.82) is 0 Å². The van der Waals surface area contributed by atoms with Gasteiger partial charge in [0, 0.05) is 19.1 Å². The highest BCUT2D eigenvalue weighted by atomic mass is 16.5. The number of benzene rings is 1. The van der Waals surface area contributed by atoms with Crippen molar-refractivity contribution in [2.24, 2.45) is 4.99 Å². The lowest BCUT2D eigenvalue weighted by molar-refractivity contribution is 0.196. The van der Waals surface area contributed by atoms with Crippen molar-refractivity contribution in [2.45, 2.75) is 39.3 Å². The molecule has 27 heavy (non-hydrogen) atoms. The van der Waals surface area contributed by atoms with E-state index < -0.39 is 0 Å². The predicted molar refractivity (Wildman–Crippen MR) is 109 cm³/mol. The molecule has 1 heterocycles. The summed E-state index contributed by atoms with van der Waals surface area (Å²) in [5.41, 5.74) is 1.04. The number of ether oxygens (including phenoxy) is 2. The SMILES string of the molecule is CCNC(=NCc1ccc(OCCO)c(OC)c1)NCC1CCCN1CC.